The fourth-order valence-electron chi connectivity index (χ4n) is 1.55. The number of hydrogen-bond acceptors (Lipinski definition) is 2. The third-order valence-electron chi connectivity index (χ3n) is 2.27. The molecule has 4 heteroatoms. The molecule has 0 aromatic heterocycles. The van der Waals surface area contributed by atoms with Gasteiger partial charge < -0.3 is 4.90 Å². The maximum atomic E-state index is 6.19. The van der Waals surface area contributed by atoms with Crippen LogP contribution in [0.4, 0.5) is 0 Å². The van der Waals surface area contributed by atoms with Crippen molar-refractivity contribution in [2.24, 2.45) is 0 Å². The van der Waals surface area contributed by atoms with Crippen LogP contribution in [0.3, 0.4) is 0 Å². The van der Waals surface area contributed by atoms with Gasteiger partial charge in [0.05, 0.1) is 5.70 Å². The lowest BCUT2D eigenvalue weighted by molar-refractivity contribution is 0.511. The van der Waals surface area contributed by atoms with E-state index in [-0.39, 0.29) is 0 Å². The van der Waals surface area contributed by atoms with Gasteiger partial charge in [-0.05, 0) is 19.1 Å². The molecule has 0 unspecified atom stereocenters. The Morgan fingerprint density at radius 3 is 3.13 bits per heavy atom. The van der Waals surface area contributed by atoms with Gasteiger partial charge in [-0.2, -0.15) is 0 Å². The van der Waals surface area contributed by atoms with Crippen LogP contribution < -0.4 is 0 Å². The first-order valence-electron chi connectivity index (χ1n) is 4.72. The highest BCUT2D eigenvalue weighted by molar-refractivity contribution is 9.12. The van der Waals surface area contributed by atoms with E-state index in [1.54, 1.807) is 0 Å². The second-order valence-electron chi connectivity index (χ2n) is 3.24. The van der Waals surface area contributed by atoms with Crippen molar-refractivity contribution < 1.29 is 0 Å². The van der Waals surface area contributed by atoms with E-state index in [2.05, 4.69) is 33.0 Å². The Morgan fingerprint density at radius 2 is 2.40 bits per heavy atom. The SMILES string of the molecule is C/C=C/CN1C(Cl)=CC=C2SCC(Br)=C21. The zero-order valence-electron chi connectivity index (χ0n) is 8.34. The minimum atomic E-state index is 0.784. The Morgan fingerprint density at radius 1 is 1.60 bits per heavy atom. The highest BCUT2D eigenvalue weighted by Crippen LogP contribution is 2.44. The average Bonchev–Trinajstić information content (AvgIpc) is 2.60. The molecular formula is C11H11BrClNS. The molecule has 0 aromatic rings. The standard InChI is InChI=1S/C11H11BrClNS/c1-2-3-6-14-10(13)5-4-9-11(14)8(12)7-15-9/h2-5H,6-7H2,1H3/b3-2+. The van der Waals surface area contributed by atoms with Crippen LogP contribution >= 0.6 is 39.3 Å². The van der Waals surface area contributed by atoms with Crippen LogP contribution in [0.15, 0.2) is 44.5 Å². The lowest BCUT2D eigenvalue weighted by atomic mass is 10.2. The molecule has 0 atom stereocenters. The summed E-state index contributed by atoms with van der Waals surface area (Å²) in [5, 5.41) is 0.784. The first kappa shape index (κ1) is 11.4. The van der Waals surface area contributed by atoms with E-state index in [4.69, 9.17) is 11.6 Å². The first-order valence-corrected chi connectivity index (χ1v) is 6.87. The molecule has 2 aliphatic heterocycles. The minimum absolute atomic E-state index is 0.784. The van der Waals surface area contributed by atoms with Crippen molar-refractivity contribution in [3.8, 4) is 0 Å². The monoisotopic (exact) mass is 303 g/mol. The summed E-state index contributed by atoms with van der Waals surface area (Å²) in [7, 11) is 0. The lowest BCUT2D eigenvalue weighted by Crippen LogP contribution is -2.22. The van der Waals surface area contributed by atoms with Gasteiger partial charge in [-0.3, -0.25) is 0 Å². The fraction of sp³-hybridized carbons (Fsp3) is 0.273. The van der Waals surface area contributed by atoms with E-state index in [9.17, 15) is 0 Å². The molecule has 0 N–H and O–H groups in total. The number of rotatable bonds is 2. The van der Waals surface area contributed by atoms with Crippen LogP contribution in [-0.2, 0) is 0 Å². The van der Waals surface area contributed by atoms with Crippen molar-refractivity contribution in [2.75, 3.05) is 12.3 Å². The Kier molecular flexibility index (Phi) is 3.65. The van der Waals surface area contributed by atoms with Gasteiger partial charge in [-0.25, -0.2) is 0 Å². The molecule has 2 rings (SSSR count). The van der Waals surface area contributed by atoms with E-state index in [1.807, 2.05) is 30.8 Å². The molecule has 0 saturated heterocycles. The summed E-state index contributed by atoms with van der Waals surface area (Å²) in [6, 6.07) is 0. The van der Waals surface area contributed by atoms with Crippen LogP contribution in [0.1, 0.15) is 6.92 Å². The largest absolute Gasteiger partial charge is 0.327 e. The maximum Gasteiger partial charge on any atom is 0.109 e. The Bertz CT molecular complexity index is 395. The molecule has 0 saturated carbocycles. The predicted molar refractivity (Wildman–Crippen MR) is 72.0 cm³/mol. The maximum absolute atomic E-state index is 6.19. The van der Waals surface area contributed by atoms with E-state index in [1.165, 1.54) is 15.1 Å². The van der Waals surface area contributed by atoms with Crippen LogP contribution in [0.5, 0.6) is 0 Å². The second kappa shape index (κ2) is 4.81. The average molecular weight is 305 g/mol. The molecule has 0 fully saturated rings. The van der Waals surface area contributed by atoms with Gasteiger partial charge in [0.1, 0.15) is 5.16 Å². The summed E-state index contributed by atoms with van der Waals surface area (Å²) in [5.41, 5.74) is 1.23. The van der Waals surface area contributed by atoms with Crippen LogP contribution in [0, 0.1) is 0 Å². The molecule has 0 aliphatic carbocycles. The van der Waals surface area contributed by atoms with Gasteiger partial charge in [0.2, 0.25) is 0 Å². The molecule has 80 valence electrons. The van der Waals surface area contributed by atoms with Crippen molar-refractivity contribution in [3.63, 3.8) is 0 Å². The predicted octanol–water partition coefficient (Wildman–Crippen LogP) is 4.20. The highest BCUT2D eigenvalue weighted by atomic mass is 79.9. The Balaban J connectivity index is 2.32. The number of fused-ring (bicyclic) bond motifs is 1. The summed E-state index contributed by atoms with van der Waals surface area (Å²) in [4.78, 5) is 3.43. The van der Waals surface area contributed by atoms with Gasteiger partial charge in [0.25, 0.3) is 0 Å². The molecule has 1 nitrogen and oxygen atoms in total. The Labute approximate surface area is 108 Å². The summed E-state index contributed by atoms with van der Waals surface area (Å²) >= 11 is 11.6. The van der Waals surface area contributed by atoms with Gasteiger partial charge >= 0.3 is 0 Å². The fourth-order valence-corrected chi connectivity index (χ4v) is 3.62. The van der Waals surface area contributed by atoms with Crippen molar-refractivity contribution in [1.29, 1.82) is 0 Å². The third kappa shape index (κ3) is 2.19. The smallest absolute Gasteiger partial charge is 0.109 e. The van der Waals surface area contributed by atoms with E-state index in [0.29, 0.717) is 0 Å². The number of allylic oxidation sites excluding steroid dienone is 3. The second-order valence-corrected chi connectivity index (χ2v) is 5.60. The number of nitrogens with zero attached hydrogens (tertiary/aromatic N) is 1. The number of thioether (sulfide) groups is 1. The zero-order valence-corrected chi connectivity index (χ0v) is 11.5. The number of hydrogen-bond donors (Lipinski definition) is 0. The summed E-state index contributed by atoms with van der Waals surface area (Å²) in [6.07, 6.45) is 8.19. The molecular weight excluding hydrogens is 294 g/mol. The van der Waals surface area contributed by atoms with Gasteiger partial charge in [0, 0.05) is 21.7 Å². The third-order valence-corrected chi connectivity index (χ3v) is 4.70. The van der Waals surface area contributed by atoms with E-state index < -0.39 is 0 Å². The summed E-state index contributed by atoms with van der Waals surface area (Å²) in [6.45, 7) is 2.85. The molecule has 2 heterocycles. The molecule has 0 spiro atoms. The van der Waals surface area contributed by atoms with E-state index >= 15 is 0 Å². The molecule has 15 heavy (non-hydrogen) atoms. The van der Waals surface area contributed by atoms with Gasteiger partial charge in [-0.1, -0.05) is 39.7 Å². The van der Waals surface area contributed by atoms with Crippen molar-refractivity contribution in [2.45, 2.75) is 6.92 Å². The van der Waals surface area contributed by atoms with Gasteiger partial charge in [0.15, 0.2) is 0 Å². The van der Waals surface area contributed by atoms with Gasteiger partial charge in [-0.15, -0.1) is 11.8 Å². The van der Waals surface area contributed by atoms with E-state index in [0.717, 1.165) is 17.5 Å². The summed E-state index contributed by atoms with van der Waals surface area (Å²) < 4.78 is 1.23. The van der Waals surface area contributed by atoms with Crippen molar-refractivity contribution >= 4 is 39.3 Å². The topological polar surface area (TPSA) is 3.24 Å². The Hall–Kier alpha value is -0.120. The minimum Gasteiger partial charge on any atom is -0.327 e. The molecule has 0 aromatic carbocycles. The normalized spacial score (nSPS) is 20.9. The zero-order chi connectivity index (χ0) is 10.8. The van der Waals surface area contributed by atoms with Crippen molar-refractivity contribution in [3.05, 3.63) is 44.5 Å². The van der Waals surface area contributed by atoms with Crippen LogP contribution in [-0.4, -0.2) is 17.2 Å². The highest BCUT2D eigenvalue weighted by Gasteiger charge is 2.27. The van der Waals surface area contributed by atoms with Crippen LogP contribution in [0.2, 0.25) is 0 Å². The van der Waals surface area contributed by atoms with Crippen LogP contribution in [0.25, 0.3) is 0 Å². The lowest BCUT2D eigenvalue weighted by Gasteiger charge is -2.27. The molecule has 0 amide bonds. The van der Waals surface area contributed by atoms with Crippen molar-refractivity contribution in [1.82, 2.24) is 4.90 Å². The number of halogens is 2. The molecule has 0 radical (unpaired) electrons. The molecule has 0 bridgehead atoms. The summed E-state index contributed by atoms with van der Waals surface area (Å²) in [5.74, 6) is 1.01. The quantitative estimate of drug-likeness (QED) is 0.556. The molecule has 2 aliphatic rings. The first-order chi connectivity index (χ1) is 7.24.